The Morgan fingerprint density at radius 3 is 2.51 bits per heavy atom. The molecule has 0 spiro atoms. The lowest BCUT2D eigenvalue weighted by atomic mass is 9.86. The van der Waals surface area contributed by atoms with Crippen molar-refractivity contribution in [3.63, 3.8) is 0 Å². The number of anilines is 1. The Kier molecular flexibility index (Phi) is 7.15. The van der Waals surface area contributed by atoms with Crippen molar-refractivity contribution >= 4 is 17.5 Å². The lowest BCUT2D eigenvalue weighted by Gasteiger charge is -2.26. The van der Waals surface area contributed by atoms with E-state index in [0.717, 1.165) is 18.9 Å². The van der Waals surface area contributed by atoms with E-state index in [9.17, 15) is 18.0 Å². The van der Waals surface area contributed by atoms with Crippen LogP contribution in [0, 0.1) is 12.3 Å². The van der Waals surface area contributed by atoms with Crippen molar-refractivity contribution < 1.29 is 22.7 Å². The predicted octanol–water partition coefficient (Wildman–Crippen LogP) is 5.97. The van der Waals surface area contributed by atoms with Crippen LogP contribution in [0.15, 0.2) is 48.7 Å². The molecule has 194 valence electrons. The van der Waals surface area contributed by atoms with E-state index >= 15 is 0 Å². The van der Waals surface area contributed by atoms with Gasteiger partial charge in [0.1, 0.15) is 0 Å². The molecule has 1 N–H and O–H groups in total. The van der Waals surface area contributed by atoms with E-state index in [2.05, 4.69) is 46.1 Å². The van der Waals surface area contributed by atoms with Crippen LogP contribution in [-0.4, -0.2) is 37.1 Å². The quantitative estimate of drug-likeness (QED) is 0.313. The molecule has 0 saturated heterocycles. The van der Waals surface area contributed by atoms with E-state index in [4.69, 9.17) is 4.74 Å². The van der Waals surface area contributed by atoms with Gasteiger partial charge in [-0.1, -0.05) is 39.0 Å². The van der Waals surface area contributed by atoms with Crippen LogP contribution < -0.4 is 10.1 Å². The Labute approximate surface area is 211 Å². The van der Waals surface area contributed by atoms with E-state index in [1.807, 2.05) is 0 Å². The summed E-state index contributed by atoms with van der Waals surface area (Å²) in [5.41, 5.74) is 0.0156. The summed E-state index contributed by atoms with van der Waals surface area (Å²) in [7, 11) is 0. The van der Waals surface area contributed by atoms with Gasteiger partial charge in [0.2, 0.25) is 11.8 Å². The van der Waals surface area contributed by atoms with E-state index < -0.39 is 17.6 Å². The SMILES string of the molecule is CCC(C)(CC)COc1cc(C)nc(NC(=O)c2cnc3ccc(-c4ccccc4C(F)(F)F)nn23)n1. The highest BCUT2D eigenvalue weighted by Gasteiger charge is 2.34. The molecule has 1 aromatic carbocycles. The molecule has 0 fully saturated rings. The zero-order chi connectivity index (χ0) is 26.8. The number of hydrogen-bond acceptors (Lipinski definition) is 6. The smallest absolute Gasteiger partial charge is 0.417 e. The minimum atomic E-state index is -4.56. The second kappa shape index (κ2) is 10.2. The largest absolute Gasteiger partial charge is 0.477 e. The molecule has 0 saturated carbocycles. The molecule has 0 bridgehead atoms. The van der Waals surface area contributed by atoms with Crippen LogP contribution in [0.25, 0.3) is 16.9 Å². The first-order valence-electron chi connectivity index (χ1n) is 11.8. The number of aryl methyl sites for hydroxylation is 1. The number of fused-ring (bicyclic) bond motifs is 1. The third kappa shape index (κ3) is 5.71. The highest BCUT2D eigenvalue weighted by molar-refractivity contribution is 6.02. The summed E-state index contributed by atoms with van der Waals surface area (Å²) in [6.45, 7) is 8.54. The topological polar surface area (TPSA) is 94.3 Å². The molecule has 0 unspecified atom stereocenters. The van der Waals surface area contributed by atoms with Crippen molar-refractivity contribution in [3.8, 4) is 17.1 Å². The molecule has 0 atom stereocenters. The number of hydrogen-bond donors (Lipinski definition) is 1. The van der Waals surface area contributed by atoms with Crippen LogP contribution in [0.1, 0.15) is 55.4 Å². The number of nitrogens with one attached hydrogen (secondary N) is 1. The van der Waals surface area contributed by atoms with E-state index in [1.54, 1.807) is 13.0 Å². The average molecular weight is 513 g/mol. The molecule has 8 nitrogen and oxygen atoms in total. The number of amides is 1. The van der Waals surface area contributed by atoms with E-state index in [0.29, 0.717) is 23.8 Å². The van der Waals surface area contributed by atoms with Crippen LogP contribution in [0.5, 0.6) is 5.88 Å². The van der Waals surface area contributed by atoms with Gasteiger partial charge in [0.25, 0.3) is 5.91 Å². The lowest BCUT2D eigenvalue weighted by Crippen LogP contribution is -2.24. The first-order valence-corrected chi connectivity index (χ1v) is 11.8. The zero-order valence-corrected chi connectivity index (χ0v) is 20.9. The molecule has 37 heavy (non-hydrogen) atoms. The second-order valence-electron chi connectivity index (χ2n) is 9.11. The lowest BCUT2D eigenvalue weighted by molar-refractivity contribution is -0.137. The van der Waals surface area contributed by atoms with Crippen LogP contribution in [0.3, 0.4) is 0 Å². The van der Waals surface area contributed by atoms with Crippen LogP contribution >= 0.6 is 0 Å². The third-order valence-electron chi connectivity index (χ3n) is 6.44. The van der Waals surface area contributed by atoms with Crippen molar-refractivity contribution in [2.24, 2.45) is 5.41 Å². The number of ether oxygens (including phenoxy) is 1. The molecular formula is C26H27F3N6O2. The number of carbonyl (C=O) groups is 1. The Morgan fingerprint density at radius 2 is 1.81 bits per heavy atom. The number of alkyl halides is 3. The fourth-order valence-electron chi connectivity index (χ4n) is 3.66. The molecule has 1 amide bonds. The Bertz CT molecular complexity index is 1430. The Hall–Kier alpha value is -4.02. The molecule has 0 aliphatic carbocycles. The molecule has 11 heteroatoms. The standard InChI is InChI=1S/C26H27F3N6O2/c1-5-25(4,6-2)15-37-22-13-16(3)31-24(32-22)33-23(36)20-14-30-21-12-11-19(34-35(20)21)17-9-7-8-10-18(17)26(27,28)29/h7-14H,5-6,15H2,1-4H3,(H,31,32,33,36). The zero-order valence-electron chi connectivity index (χ0n) is 20.9. The van der Waals surface area contributed by atoms with Gasteiger partial charge in [-0.2, -0.15) is 23.3 Å². The third-order valence-corrected chi connectivity index (χ3v) is 6.44. The molecule has 4 rings (SSSR count). The van der Waals surface area contributed by atoms with Crippen LogP contribution in [0.2, 0.25) is 0 Å². The maximum Gasteiger partial charge on any atom is 0.417 e. The van der Waals surface area contributed by atoms with Gasteiger partial charge in [-0.25, -0.2) is 14.5 Å². The molecule has 0 aliphatic rings. The monoisotopic (exact) mass is 512 g/mol. The number of rotatable bonds is 8. The van der Waals surface area contributed by atoms with Crippen molar-refractivity contribution in [1.29, 1.82) is 0 Å². The number of carbonyl (C=O) groups excluding carboxylic acids is 1. The minimum absolute atomic E-state index is 0.00705. The summed E-state index contributed by atoms with van der Waals surface area (Å²) in [5.74, 6) is -0.258. The van der Waals surface area contributed by atoms with Gasteiger partial charge >= 0.3 is 6.18 Å². The number of imidazole rings is 1. The molecule has 0 aliphatic heterocycles. The Morgan fingerprint density at radius 1 is 1.08 bits per heavy atom. The normalized spacial score (nSPS) is 12.1. The molecule has 3 heterocycles. The fourth-order valence-corrected chi connectivity index (χ4v) is 3.66. The highest BCUT2D eigenvalue weighted by Crippen LogP contribution is 2.36. The average Bonchev–Trinajstić information content (AvgIpc) is 3.30. The fraction of sp³-hybridized carbons (Fsp3) is 0.346. The van der Waals surface area contributed by atoms with Crippen molar-refractivity contribution in [1.82, 2.24) is 24.6 Å². The summed E-state index contributed by atoms with van der Waals surface area (Å²) >= 11 is 0. The van der Waals surface area contributed by atoms with Gasteiger partial charge in [-0.3, -0.25) is 10.1 Å². The predicted molar refractivity (Wildman–Crippen MR) is 132 cm³/mol. The van der Waals surface area contributed by atoms with E-state index in [1.165, 1.54) is 41.0 Å². The minimum Gasteiger partial charge on any atom is -0.477 e. The van der Waals surface area contributed by atoms with Gasteiger partial charge in [-0.15, -0.1) is 0 Å². The maximum atomic E-state index is 13.5. The first-order chi connectivity index (χ1) is 17.5. The molecular weight excluding hydrogens is 485 g/mol. The van der Waals surface area contributed by atoms with Crippen LogP contribution in [-0.2, 0) is 6.18 Å². The van der Waals surface area contributed by atoms with Crippen LogP contribution in [0.4, 0.5) is 19.1 Å². The summed E-state index contributed by atoms with van der Waals surface area (Å²) in [6.07, 6.45) is -1.39. The van der Waals surface area contributed by atoms with Gasteiger partial charge < -0.3 is 4.74 Å². The van der Waals surface area contributed by atoms with E-state index in [-0.39, 0.29) is 28.3 Å². The summed E-state index contributed by atoms with van der Waals surface area (Å²) in [6, 6.07) is 9.74. The van der Waals surface area contributed by atoms with Crippen molar-refractivity contribution in [2.45, 2.75) is 46.7 Å². The molecule has 4 aromatic rings. The van der Waals surface area contributed by atoms with Gasteiger partial charge in [-0.05, 0) is 38.0 Å². The maximum absolute atomic E-state index is 13.5. The van der Waals surface area contributed by atoms with Crippen molar-refractivity contribution in [3.05, 3.63) is 65.6 Å². The number of halogens is 3. The highest BCUT2D eigenvalue weighted by atomic mass is 19.4. The van der Waals surface area contributed by atoms with Gasteiger partial charge in [0.05, 0.1) is 24.1 Å². The first kappa shape index (κ1) is 26.1. The second-order valence-corrected chi connectivity index (χ2v) is 9.11. The van der Waals surface area contributed by atoms with Gasteiger partial charge in [0, 0.05) is 22.7 Å². The number of nitrogens with zero attached hydrogens (tertiary/aromatic N) is 5. The Balaban J connectivity index is 1.62. The summed E-state index contributed by atoms with van der Waals surface area (Å²) in [5, 5.41) is 6.90. The number of aromatic nitrogens is 5. The number of benzene rings is 1. The molecule has 3 aromatic heterocycles. The molecule has 0 radical (unpaired) electrons. The summed E-state index contributed by atoms with van der Waals surface area (Å²) < 4.78 is 47.7. The summed E-state index contributed by atoms with van der Waals surface area (Å²) in [4.78, 5) is 25.8. The van der Waals surface area contributed by atoms with Gasteiger partial charge in [0.15, 0.2) is 11.3 Å². The van der Waals surface area contributed by atoms with Crippen molar-refractivity contribution in [2.75, 3.05) is 11.9 Å².